The Labute approximate surface area is 115 Å². The molecule has 0 aliphatic heterocycles. The third-order valence-corrected chi connectivity index (χ3v) is 3.65. The maximum atomic E-state index is 3.56. The van der Waals surface area contributed by atoms with E-state index in [2.05, 4.69) is 64.0 Å². The second-order valence-electron chi connectivity index (χ2n) is 6.41. The molecule has 0 aromatic heterocycles. The molecule has 3 nitrogen and oxygen atoms in total. The summed E-state index contributed by atoms with van der Waals surface area (Å²) < 4.78 is 0. The van der Waals surface area contributed by atoms with E-state index in [-0.39, 0.29) is 0 Å². The minimum absolute atomic E-state index is 0.645. The molecule has 3 heteroatoms. The maximum Gasteiger partial charge on any atom is 0.0102 e. The normalized spacial score (nSPS) is 15.7. The van der Waals surface area contributed by atoms with Gasteiger partial charge in [-0.25, -0.2) is 0 Å². The van der Waals surface area contributed by atoms with Gasteiger partial charge < -0.3 is 15.1 Å². The van der Waals surface area contributed by atoms with Crippen LogP contribution in [0, 0.1) is 11.8 Å². The highest BCUT2D eigenvalue weighted by molar-refractivity contribution is 4.72. The van der Waals surface area contributed by atoms with E-state index in [4.69, 9.17) is 0 Å². The number of hydrogen-bond donors (Lipinski definition) is 1. The van der Waals surface area contributed by atoms with Gasteiger partial charge in [-0.1, -0.05) is 20.8 Å². The van der Waals surface area contributed by atoms with Crippen LogP contribution in [0.5, 0.6) is 0 Å². The van der Waals surface area contributed by atoms with Crippen molar-refractivity contribution in [1.82, 2.24) is 15.1 Å². The molecule has 1 N–H and O–H groups in total. The molecule has 0 bridgehead atoms. The minimum atomic E-state index is 0.645. The molecule has 0 saturated heterocycles. The van der Waals surface area contributed by atoms with Gasteiger partial charge in [-0.05, 0) is 72.5 Å². The molecular formula is C15H35N3. The molecule has 0 aromatic carbocycles. The Morgan fingerprint density at radius 2 is 1.50 bits per heavy atom. The van der Waals surface area contributed by atoms with Gasteiger partial charge >= 0.3 is 0 Å². The second kappa shape index (κ2) is 9.76. The molecule has 0 aliphatic carbocycles. The molecule has 0 amide bonds. The first-order valence-corrected chi connectivity index (χ1v) is 7.40. The molecule has 0 rings (SSSR count). The van der Waals surface area contributed by atoms with Gasteiger partial charge in [0.2, 0.25) is 0 Å². The average molecular weight is 257 g/mol. The fourth-order valence-electron chi connectivity index (χ4n) is 2.04. The Balaban J connectivity index is 3.78. The molecule has 18 heavy (non-hydrogen) atoms. The lowest BCUT2D eigenvalue weighted by atomic mass is 10.0. The second-order valence-corrected chi connectivity index (χ2v) is 6.41. The summed E-state index contributed by atoms with van der Waals surface area (Å²) >= 11 is 0. The lowest BCUT2D eigenvalue weighted by molar-refractivity contribution is 0.187. The first-order valence-electron chi connectivity index (χ1n) is 7.40. The molecule has 0 fully saturated rings. The van der Waals surface area contributed by atoms with Crippen LogP contribution in [0.15, 0.2) is 0 Å². The van der Waals surface area contributed by atoms with Gasteiger partial charge in [-0.2, -0.15) is 0 Å². The molecular weight excluding hydrogens is 222 g/mol. The van der Waals surface area contributed by atoms with Crippen LogP contribution in [0.2, 0.25) is 0 Å². The van der Waals surface area contributed by atoms with Crippen LogP contribution in [0.25, 0.3) is 0 Å². The number of hydrogen-bond acceptors (Lipinski definition) is 3. The van der Waals surface area contributed by atoms with Gasteiger partial charge in [0.1, 0.15) is 0 Å². The standard InChI is InChI=1S/C15H35N3/c1-13(2)11-16-12-14(3)15(4)18(7)10-8-9-17(5)6/h13-16H,8-12H2,1-7H3. The zero-order chi connectivity index (χ0) is 14.1. The summed E-state index contributed by atoms with van der Waals surface area (Å²) in [5.74, 6) is 1.44. The van der Waals surface area contributed by atoms with Gasteiger partial charge in [0.25, 0.3) is 0 Å². The summed E-state index contributed by atoms with van der Waals surface area (Å²) in [6.45, 7) is 13.8. The van der Waals surface area contributed by atoms with Gasteiger partial charge in [-0.3, -0.25) is 0 Å². The van der Waals surface area contributed by atoms with Crippen molar-refractivity contribution in [3.05, 3.63) is 0 Å². The van der Waals surface area contributed by atoms with Gasteiger partial charge in [0.05, 0.1) is 0 Å². The minimum Gasteiger partial charge on any atom is -0.316 e. The summed E-state index contributed by atoms with van der Waals surface area (Å²) in [4.78, 5) is 4.75. The van der Waals surface area contributed by atoms with E-state index in [1.807, 2.05) is 0 Å². The van der Waals surface area contributed by atoms with Crippen molar-refractivity contribution in [1.29, 1.82) is 0 Å². The van der Waals surface area contributed by atoms with Crippen LogP contribution >= 0.6 is 0 Å². The highest BCUT2D eigenvalue weighted by Crippen LogP contribution is 2.09. The summed E-state index contributed by atoms with van der Waals surface area (Å²) in [6, 6.07) is 0.645. The summed E-state index contributed by atoms with van der Waals surface area (Å²) in [5, 5.41) is 3.56. The van der Waals surface area contributed by atoms with Gasteiger partial charge in [0, 0.05) is 6.04 Å². The quantitative estimate of drug-likeness (QED) is 0.647. The monoisotopic (exact) mass is 257 g/mol. The fraction of sp³-hybridized carbons (Fsp3) is 1.00. The van der Waals surface area contributed by atoms with Crippen LogP contribution in [-0.4, -0.2) is 63.2 Å². The third-order valence-electron chi connectivity index (χ3n) is 3.65. The summed E-state index contributed by atoms with van der Waals surface area (Å²) in [7, 11) is 6.53. The SMILES string of the molecule is CC(C)CNCC(C)C(C)N(C)CCCN(C)C. The van der Waals surface area contributed by atoms with Crippen molar-refractivity contribution in [2.75, 3.05) is 47.3 Å². The largest absolute Gasteiger partial charge is 0.316 e. The lowest BCUT2D eigenvalue weighted by Gasteiger charge is -2.30. The average Bonchev–Trinajstić information content (AvgIpc) is 2.26. The smallest absolute Gasteiger partial charge is 0.0102 e. The summed E-state index contributed by atoms with van der Waals surface area (Å²) in [6.07, 6.45) is 1.25. The van der Waals surface area contributed by atoms with E-state index in [0.717, 1.165) is 19.0 Å². The van der Waals surface area contributed by atoms with Crippen LogP contribution in [-0.2, 0) is 0 Å². The fourth-order valence-corrected chi connectivity index (χ4v) is 2.04. The molecule has 0 aliphatic rings. The van der Waals surface area contributed by atoms with E-state index in [1.54, 1.807) is 0 Å². The molecule has 0 radical (unpaired) electrons. The lowest BCUT2D eigenvalue weighted by Crippen LogP contribution is -2.40. The number of nitrogens with zero attached hydrogens (tertiary/aromatic N) is 2. The van der Waals surface area contributed by atoms with Gasteiger partial charge in [0.15, 0.2) is 0 Å². The van der Waals surface area contributed by atoms with Crippen molar-refractivity contribution in [2.45, 2.75) is 40.2 Å². The molecule has 2 unspecified atom stereocenters. The predicted molar refractivity (Wildman–Crippen MR) is 82.1 cm³/mol. The van der Waals surface area contributed by atoms with Crippen molar-refractivity contribution in [3.63, 3.8) is 0 Å². The van der Waals surface area contributed by atoms with Crippen LogP contribution in [0.1, 0.15) is 34.1 Å². The highest BCUT2D eigenvalue weighted by atomic mass is 15.1. The summed E-state index contributed by atoms with van der Waals surface area (Å²) in [5.41, 5.74) is 0. The molecule has 0 saturated carbocycles. The van der Waals surface area contributed by atoms with Crippen molar-refractivity contribution in [3.8, 4) is 0 Å². The first-order chi connectivity index (χ1) is 8.34. The Kier molecular flexibility index (Phi) is 9.70. The van der Waals surface area contributed by atoms with Crippen molar-refractivity contribution in [2.24, 2.45) is 11.8 Å². The third kappa shape index (κ3) is 8.90. The van der Waals surface area contributed by atoms with E-state index in [1.165, 1.54) is 19.5 Å². The highest BCUT2D eigenvalue weighted by Gasteiger charge is 2.16. The molecule has 0 aromatic rings. The zero-order valence-electron chi connectivity index (χ0n) is 13.7. The maximum absolute atomic E-state index is 3.56. The first kappa shape index (κ1) is 17.9. The number of nitrogens with one attached hydrogen (secondary N) is 1. The topological polar surface area (TPSA) is 18.5 Å². The predicted octanol–water partition coefficient (Wildman–Crippen LogP) is 2.14. The Bertz CT molecular complexity index is 172. The Hall–Kier alpha value is -0.120. The van der Waals surface area contributed by atoms with E-state index in [9.17, 15) is 0 Å². The van der Waals surface area contributed by atoms with Gasteiger partial charge in [-0.15, -0.1) is 0 Å². The van der Waals surface area contributed by atoms with Crippen LogP contribution in [0.4, 0.5) is 0 Å². The van der Waals surface area contributed by atoms with Crippen molar-refractivity contribution < 1.29 is 0 Å². The van der Waals surface area contributed by atoms with Crippen molar-refractivity contribution >= 4 is 0 Å². The molecule has 0 heterocycles. The molecule has 110 valence electrons. The molecule has 0 spiro atoms. The van der Waals surface area contributed by atoms with E-state index in [0.29, 0.717) is 12.0 Å². The Morgan fingerprint density at radius 1 is 0.889 bits per heavy atom. The van der Waals surface area contributed by atoms with Crippen LogP contribution in [0.3, 0.4) is 0 Å². The zero-order valence-corrected chi connectivity index (χ0v) is 13.7. The number of rotatable bonds is 10. The Morgan fingerprint density at radius 3 is 2.00 bits per heavy atom. The van der Waals surface area contributed by atoms with E-state index < -0.39 is 0 Å². The molecule has 2 atom stereocenters. The van der Waals surface area contributed by atoms with Crippen LogP contribution < -0.4 is 5.32 Å². The van der Waals surface area contributed by atoms with E-state index >= 15 is 0 Å².